The van der Waals surface area contributed by atoms with E-state index in [4.69, 9.17) is 15.0 Å². The molecule has 0 bridgehead atoms. The maximum atomic E-state index is 12.5. The molecular formula is C18H21N3O6. The van der Waals surface area contributed by atoms with E-state index >= 15 is 0 Å². The van der Waals surface area contributed by atoms with Gasteiger partial charge in [0.2, 0.25) is 5.91 Å². The van der Waals surface area contributed by atoms with Crippen molar-refractivity contribution >= 4 is 23.4 Å². The van der Waals surface area contributed by atoms with Crippen molar-refractivity contribution < 1.29 is 33.8 Å². The van der Waals surface area contributed by atoms with Gasteiger partial charge in [0, 0.05) is 5.92 Å². The van der Waals surface area contributed by atoms with Gasteiger partial charge < -0.3 is 25.4 Å². The number of nitrogens with zero attached hydrogens (tertiary/aromatic N) is 2. The van der Waals surface area contributed by atoms with Gasteiger partial charge in [0.15, 0.2) is 0 Å². The number of aliphatic hydroxyl groups excluding tert-OH is 1. The van der Waals surface area contributed by atoms with Crippen LogP contribution in [0.15, 0.2) is 24.3 Å². The zero-order chi connectivity index (χ0) is 20.1. The molecule has 1 fully saturated rings. The number of carbonyl (C=O) groups is 3. The smallest absolute Gasteiger partial charge is 0.441 e. The molecule has 0 aliphatic carbocycles. The molecule has 0 saturated carbocycles. The number of ether oxygens (including phenoxy) is 2. The predicted molar refractivity (Wildman–Crippen MR) is 92.7 cm³/mol. The highest BCUT2D eigenvalue weighted by atomic mass is 16.5. The Labute approximate surface area is 155 Å². The number of benzene rings is 1. The maximum Gasteiger partial charge on any atom is 0.441 e. The fourth-order valence-electron chi connectivity index (χ4n) is 2.88. The van der Waals surface area contributed by atoms with Gasteiger partial charge in [-0.1, -0.05) is 19.1 Å². The first kappa shape index (κ1) is 20.3. The highest BCUT2D eigenvalue weighted by molar-refractivity contribution is 6.62. The Hall–Kier alpha value is -3.03. The Morgan fingerprint density at radius 3 is 2.41 bits per heavy atom. The van der Waals surface area contributed by atoms with Crippen LogP contribution >= 0.6 is 0 Å². The Bertz CT molecular complexity index is 783. The van der Waals surface area contributed by atoms with Crippen molar-refractivity contribution in [2.24, 2.45) is 11.8 Å². The van der Waals surface area contributed by atoms with Crippen molar-refractivity contribution in [3.8, 4) is 5.75 Å². The first-order valence-electron chi connectivity index (χ1n) is 8.34. The van der Waals surface area contributed by atoms with Crippen molar-refractivity contribution in [1.82, 2.24) is 5.32 Å². The molecule has 27 heavy (non-hydrogen) atoms. The van der Waals surface area contributed by atoms with Gasteiger partial charge in [-0.3, -0.25) is 9.59 Å². The molecule has 0 spiro atoms. The van der Waals surface area contributed by atoms with Crippen molar-refractivity contribution in [3.05, 3.63) is 35.4 Å². The summed E-state index contributed by atoms with van der Waals surface area (Å²) >= 11 is 0. The second kappa shape index (κ2) is 8.57. The number of hydrogen-bond acceptors (Lipinski definition) is 6. The van der Waals surface area contributed by atoms with Crippen LogP contribution in [0.5, 0.6) is 5.75 Å². The number of methoxy groups -OCH3 is 1. The molecule has 144 valence electrons. The second-order valence-corrected chi connectivity index (χ2v) is 6.33. The first-order valence-corrected chi connectivity index (χ1v) is 8.34. The molecule has 9 heteroatoms. The highest BCUT2D eigenvalue weighted by Gasteiger charge is 2.50. The fourth-order valence-corrected chi connectivity index (χ4v) is 2.88. The monoisotopic (exact) mass is 375 g/mol. The van der Waals surface area contributed by atoms with E-state index in [9.17, 15) is 19.5 Å². The molecular weight excluding hydrogens is 354 g/mol. The van der Waals surface area contributed by atoms with Crippen molar-refractivity contribution in [2.45, 2.75) is 32.6 Å². The lowest BCUT2D eigenvalue weighted by atomic mass is 9.76. The third-order valence-corrected chi connectivity index (χ3v) is 4.53. The van der Waals surface area contributed by atoms with E-state index in [0.717, 1.165) is 0 Å². The van der Waals surface area contributed by atoms with Crippen LogP contribution in [0.25, 0.3) is 5.53 Å². The molecule has 1 amide bonds. The van der Waals surface area contributed by atoms with Gasteiger partial charge in [-0.2, -0.15) is 4.79 Å². The quantitative estimate of drug-likeness (QED) is 0.165. The van der Waals surface area contributed by atoms with Gasteiger partial charge in [0.1, 0.15) is 12.4 Å². The minimum Gasteiger partial charge on any atom is -0.497 e. The summed E-state index contributed by atoms with van der Waals surface area (Å²) in [6.07, 6.45) is -0.949. The number of carbonyl (C=O) groups excluding carboxylic acids is 3. The minimum absolute atomic E-state index is 0.125. The van der Waals surface area contributed by atoms with E-state index in [-0.39, 0.29) is 12.5 Å². The minimum atomic E-state index is -1.08. The molecule has 0 unspecified atom stereocenters. The third kappa shape index (κ3) is 4.39. The largest absolute Gasteiger partial charge is 0.497 e. The van der Waals surface area contributed by atoms with Gasteiger partial charge in [-0.15, -0.1) is 0 Å². The number of rotatable bonds is 8. The van der Waals surface area contributed by atoms with Gasteiger partial charge in [-0.05, 0) is 24.6 Å². The Kier molecular flexibility index (Phi) is 6.44. The Morgan fingerprint density at radius 2 is 1.93 bits per heavy atom. The van der Waals surface area contributed by atoms with Crippen molar-refractivity contribution in [3.63, 3.8) is 0 Å². The second-order valence-electron chi connectivity index (χ2n) is 6.33. The lowest BCUT2D eigenvalue weighted by molar-refractivity contribution is -0.146. The number of nitrogens with one attached hydrogen (secondary N) is 1. The lowest BCUT2D eigenvalue weighted by Crippen LogP contribution is -2.66. The molecule has 1 aliphatic heterocycles. The molecule has 0 radical (unpaired) electrons. The van der Waals surface area contributed by atoms with E-state index in [0.29, 0.717) is 11.3 Å². The van der Waals surface area contributed by atoms with E-state index in [1.165, 1.54) is 21.0 Å². The predicted octanol–water partition coefficient (Wildman–Crippen LogP) is 0.110. The number of ketones is 1. The van der Waals surface area contributed by atoms with Gasteiger partial charge in [-0.25, -0.2) is 4.79 Å². The van der Waals surface area contributed by atoms with Crippen molar-refractivity contribution in [1.29, 1.82) is 0 Å². The molecule has 4 atom stereocenters. The zero-order valence-corrected chi connectivity index (χ0v) is 15.2. The number of esters is 1. The summed E-state index contributed by atoms with van der Waals surface area (Å²) in [6.45, 7) is 2.79. The molecule has 1 aromatic rings. The van der Waals surface area contributed by atoms with Crippen LogP contribution in [0.3, 0.4) is 0 Å². The maximum absolute atomic E-state index is 12.5. The van der Waals surface area contributed by atoms with Gasteiger partial charge >= 0.3 is 11.7 Å². The van der Waals surface area contributed by atoms with Gasteiger partial charge in [0.05, 0.1) is 25.2 Å². The summed E-state index contributed by atoms with van der Waals surface area (Å²) in [5.74, 6) is -3.24. The molecule has 2 rings (SSSR count). The number of hydrogen-bond donors (Lipinski definition) is 2. The van der Waals surface area contributed by atoms with Crippen LogP contribution in [0.4, 0.5) is 0 Å². The lowest BCUT2D eigenvalue weighted by Gasteiger charge is -2.40. The number of amides is 1. The van der Waals surface area contributed by atoms with Crippen molar-refractivity contribution in [2.75, 3.05) is 7.11 Å². The third-order valence-electron chi connectivity index (χ3n) is 4.53. The summed E-state index contributed by atoms with van der Waals surface area (Å²) in [4.78, 5) is 38.9. The fraction of sp³-hybridized carbons (Fsp3) is 0.444. The normalized spacial score (nSPS) is 20.4. The summed E-state index contributed by atoms with van der Waals surface area (Å²) in [5, 5.41) is 12.2. The molecule has 1 heterocycles. The van der Waals surface area contributed by atoms with Crippen LogP contribution < -0.4 is 10.1 Å². The summed E-state index contributed by atoms with van der Waals surface area (Å²) in [6, 6.07) is 6.09. The summed E-state index contributed by atoms with van der Waals surface area (Å²) < 4.78 is 10.1. The average Bonchev–Trinajstić information content (AvgIpc) is 2.64. The topological polar surface area (TPSA) is 138 Å². The number of β-lactam (4-membered cyclic amide) rings is 1. The van der Waals surface area contributed by atoms with Gasteiger partial charge in [0.25, 0.3) is 5.78 Å². The van der Waals surface area contributed by atoms with Crippen LogP contribution in [-0.2, 0) is 25.7 Å². The molecule has 1 saturated heterocycles. The molecule has 1 aromatic carbocycles. The van der Waals surface area contributed by atoms with E-state index in [1.54, 1.807) is 24.3 Å². The van der Waals surface area contributed by atoms with Crippen LogP contribution in [0.1, 0.15) is 19.4 Å². The SMILES string of the molecule is COc1ccc(COC(=O)C(=[N+]=[N-])C(=O)[C@H](C)[C@H]2NC(=O)[C@@H]2[C@@H](C)O)cc1. The molecule has 9 nitrogen and oxygen atoms in total. The Morgan fingerprint density at radius 1 is 1.30 bits per heavy atom. The Balaban J connectivity index is 2.00. The summed E-state index contributed by atoms with van der Waals surface area (Å²) in [5.41, 5.74) is 8.99. The average molecular weight is 375 g/mol. The standard InChI is InChI=1S/C18H21N3O6/c1-9(14-13(10(2)22)17(24)20-14)16(23)15(21-19)18(25)27-8-11-4-6-12(26-3)7-5-11/h4-7,9-10,13-14,22H,8H2,1-3H3,(H,20,24)/t9-,10-,13-,14-/m1/s1. The molecule has 2 N–H and O–H groups in total. The highest BCUT2D eigenvalue weighted by Crippen LogP contribution is 2.26. The van der Waals surface area contributed by atoms with Crippen LogP contribution in [-0.4, -0.2) is 52.5 Å². The van der Waals surface area contributed by atoms with Crippen LogP contribution in [0, 0.1) is 11.8 Å². The number of aliphatic hydroxyl groups is 1. The molecule has 1 aliphatic rings. The van der Waals surface area contributed by atoms with Crippen LogP contribution in [0.2, 0.25) is 0 Å². The van der Waals surface area contributed by atoms with E-state index in [1.807, 2.05) is 0 Å². The zero-order valence-electron chi connectivity index (χ0n) is 15.2. The number of Topliss-reactive ketones (excluding diaryl/α,β-unsaturated/α-hetero) is 1. The summed E-state index contributed by atoms with van der Waals surface area (Å²) in [7, 11) is 1.53. The van der Waals surface area contributed by atoms with E-state index < -0.39 is 41.4 Å². The van der Waals surface area contributed by atoms with E-state index in [2.05, 4.69) is 10.1 Å². The molecule has 0 aromatic heterocycles. The first-order chi connectivity index (χ1) is 12.8.